The summed E-state index contributed by atoms with van der Waals surface area (Å²) in [6.45, 7) is 2.75. The van der Waals surface area contributed by atoms with Crippen molar-refractivity contribution in [1.82, 2.24) is 14.5 Å². The molecule has 7 heteroatoms. The molecule has 1 N–H and O–H groups in total. The summed E-state index contributed by atoms with van der Waals surface area (Å²) >= 11 is 0. The predicted molar refractivity (Wildman–Crippen MR) is 125 cm³/mol. The van der Waals surface area contributed by atoms with E-state index in [1.807, 2.05) is 17.0 Å². The zero-order chi connectivity index (χ0) is 22.6. The van der Waals surface area contributed by atoms with Gasteiger partial charge in [0.1, 0.15) is 0 Å². The van der Waals surface area contributed by atoms with Crippen molar-refractivity contribution in [3.05, 3.63) is 102 Å². The number of carbonyl (C=O) groups is 1. The van der Waals surface area contributed by atoms with E-state index in [2.05, 4.69) is 58.2 Å². The van der Waals surface area contributed by atoms with E-state index in [0.717, 1.165) is 13.1 Å². The van der Waals surface area contributed by atoms with Crippen LogP contribution in [0.15, 0.2) is 89.8 Å². The normalized spacial score (nSPS) is 15.1. The van der Waals surface area contributed by atoms with Gasteiger partial charge >= 0.3 is 0 Å². The van der Waals surface area contributed by atoms with E-state index in [-0.39, 0.29) is 16.8 Å². The van der Waals surface area contributed by atoms with Crippen LogP contribution in [0.1, 0.15) is 27.5 Å². The molecule has 1 aliphatic heterocycles. The van der Waals surface area contributed by atoms with Crippen LogP contribution in [0.5, 0.6) is 0 Å². The highest BCUT2D eigenvalue weighted by molar-refractivity contribution is 7.89. The second-order valence-electron chi connectivity index (χ2n) is 7.78. The van der Waals surface area contributed by atoms with E-state index in [9.17, 15) is 13.2 Å². The van der Waals surface area contributed by atoms with E-state index in [0.29, 0.717) is 18.7 Å². The molecule has 0 unspecified atom stereocenters. The van der Waals surface area contributed by atoms with Crippen LogP contribution in [0.3, 0.4) is 0 Å². The van der Waals surface area contributed by atoms with E-state index in [1.54, 1.807) is 12.1 Å². The molecule has 0 radical (unpaired) electrons. The van der Waals surface area contributed by atoms with Crippen LogP contribution in [-0.4, -0.2) is 57.4 Å². The maximum atomic E-state index is 13.0. The molecule has 1 amide bonds. The molecular formula is C25H27N3O3S. The Bertz CT molecular complexity index is 1100. The molecule has 0 aromatic heterocycles. The van der Waals surface area contributed by atoms with Gasteiger partial charge in [0.2, 0.25) is 10.0 Å². The molecule has 4 rings (SSSR count). The van der Waals surface area contributed by atoms with Crippen molar-refractivity contribution in [2.24, 2.45) is 0 Å². The first-order chi connectivity index (χ1) is 15.5. The minimum atomic E-state index is -3.52. The largest absolute Gasteiger partial charge is 0.336 e. The fraction of sp³-hybridized carbons (Fsp3) is 0.240. The Labute approximate surface area is 189 Å². The molecule has 166 valence electrons. The predicted octanol–water partition coefficient (Wildman–Crippen LogP) is 3.14. The van der Waals surface area contributed by atoms with Gasteiger partial charge in [0.05, 0.1) is 10.9 Å². The number of benzene rings is 3. The summed E-state index contributed by atoms with van der Waals surface area (Å²) in [4.78, 5) is 17.4. The van der Waals surface area contributed by atoms with Gasteiger partial charge in [-0.1, -0.05) is 60.7 Å². The molecule has 0 spiro atoms. The van der Waals surface area contributed by atoms with E-state index >= 15 is 0 Å². The fourth-order valence-corrected chi connectivity index (χ4v) is 4.88. The highest BCUT2D eigenvalue weighted by Crippen LogP contribution is 2.29. The molecular weight excluding hydrogens is 422 g/mol. The Balaban J connectivity index is 1.47. The lowest BCUT2D eigenvalue weighted by Crippen LogP contribution is -2.49. The van der Waals surface area contributed by atoms with Gasteiger partial charge < -0.3 is 4.90 Å². The van der Waals surface area contributed by atoms with Gasteiger partial charge in [-0.25, -0.2) is 13.1 Å². The van der Waals surface area contributed by atoms with Crippen molar-refractivity contribution in [3.63, 3.8) is 0 Å². The highest BCUT2D eigenvalue weighted by Gasteiger charge is 2.28. The summed E-state index contributed by atoms with van der Waals surface area (Å²) in [5.41, 5.74) is 2.97. The van der Waals surface area contributed by atoms with Gasteiger partial charge in [-0.05, 0) is 42.4 Å². The molecule has 32 heavy (non-hydrogen) atoms. The number of amides is 1. The van der Waals surface area contributed by atoms with Crippen molar-refractivity contribution in [3.8, 4) is 0 Å². The Morgan fingerprint density at radius 3 is 1.75 bits per heavy atom. The van der Waals surface area contributed by atoms with Gasteiger partial charge in [0.15, 0.2) is 0 Å². The summed E-state index contributed by atoms with van der Waals surface area (Å²) in [5.74, 6) is -0.0750. The monoisotopic (exact) mass is 449 g/mol. The Morgan fingerprint density at radius 1 is 0.781 bits per heavy atom. The van der Waals surface area contributed by atoms with Gasteiger partial charge in [0.25, 0.3) is 5.91 Å². The highest BCUT2D eigenvalue weighted by atomic mass is 32.2. The molecule has 0 aliphatic carbocycles. The lowest BCUT2D eigenvalue weighted by atomic mass is 9.96. The molecule has 0 atom stereocenters. The third-order valence-electron chi connectivity index (χ3n) is 5.88. The molecule has 3 aromatic rings. The number of sulfonamides is 1. The number of hydrogen-bond acceptors (Lipinski definition) is 4. The van der Waals surface area contributed by atoms with Gasteiger partial charge in [-0.3, -0.25) is 9.69 Å². The molecule has 1 heterocycles. The quantitative estimate of drug-likeness (QED) is 0.628. The van der Waals surface area contributed by atoms with Crippen LogP contribution in [0, 0.1) is 0 Å². The Morgan fingerprint density at radius 2 is 1.28 bits per heavy atom. The molecule has 1 aliphatic rings. The van der Waals surface area contributed by atoms with Crippen molar-refractivity contribution >= 4 is 15.9 Å². The SMILES string of the molecule is CNS(=O)(=O)c1ccc(C(=O)N2CCN(C(c3ccccc3)c3ccccc3)CC2)cc1. The Kier molecular flexibility index (Phi) is 6.69. The minimum Gasteiger partial charge on any atom is -0.336 e. The van der Waals surface area contributed by atoms with Gasteiger partial charge in [-0.15, -0.1) is 0 Å². The van der Waals surface area contributed by atoms with Crippen molar-refractivity contribution in [2.45, 2.75) is 10.9 Å². The molecule has 1 fully saturated rings. The fourth-order valence-electron chi connectivity index (χ4n) is 4.15. The first-order valence-electron chi connectivity index (χ1n) is 10.7. The number of rotatable bonds is 6. The van der Waals surface area contributed by atoms with Crippen LogP contribution in [0.2, 0.25) is 0 Å². The van der Waals surface area contributed by atoms with E-state index in [1.165, 1.54) is 30.3 Å². The number of carbonyl (C=O) groups excluding carboxylic acids is 1. The zero-order valence-electron chi connectivity index (χ0n) is 18.0. The smallest absolute Gasteiger partial charge is 0.253 e. The summed E-state index contributed by atoms with van der Waals surface area (Å²) in [6, 6.07) is 27.1. The molecule has 6 nitrogen and oxygen atoms in total. The third kappa shape index (κ3) is 4.75. The second kappa shape index (κ2) is 9.65. The summed E-state index contributed by atoms with van der Waals surface area (Å²) in [7, 11) is -2.15. The Hall–Kier alpha value is -3.00. The van der Waals surface area contributed by atoms with Crippen molar-refractivity contribution in [1.29, 1.82) is 0 Å². The van der Waals surface area contributed by atoms with Gasteiger partial charge in [0, 0.05) is 31.7 Å². The topological polar surface area (TPSA) is 69.7 Å². The minimum absolute atomic E-state index is 0.0750. The molecule has 1 saturated heterocycles. The van der Waals surface area contributed by atoms with Crippen LogP contribution < -0.4 is 4.72 Å². The molecule has 3 aromatic carbocycles. The number of hydrogen-bond donors (Lipinski definition) is 1. The first kappa shape index (κ1) is 22.2. The summed E-state index contributed by atoms with van der Waals surface area (Å²) in [5, 5.41) is 0. The average molecular weight is 450 g/mol. The summed E-state index contributed by atoms with van der Waals surface area (Å²) < 4.78 is 26.1. The average Bonchev–Trinajstić information content (AvgIpc) is 2.86. The third-order valence-corrected chi connectivity index (χ3v) is 7.31. The lowest BCUT2D eigenvalue weighted by Gasteiger charge is -2.39. The number of nitrogens with one attached hydrogen (secondary N) is 1. The maximum absolute atomic E-state index is 13.0. The van der Waals surface area contributed by atoms with E-state index in [4.69, 9.17) is 0 Å². The van der Waals surface area contributed by atoms with Crippen LogP contribution in [-0.2, 0) is 10.0 Å². The molecule has 0 saturated carbocycles. The summed E-state index contributed by atoms with van der Waals surface area (Å²) in [6.07, 6.45) is 0. The number of piperazine rings is 1. The van der Waals surface area contributed by atoms with Crippen molar-refractivity contribution in [2.75, 3.05) is 33.2 Å². The molecule has 0 bridgehead atoms. The van der Waals surface area contributed by atoms with Crippen molar-refractivity contribution < 1.29 is 13.2 Å². The first-order valence-corrected chi connectivity index (χ1v) is 12.1. The number of nitrogens with zero attached hydrogens (tertiary/aromatic N) is 2. The second-order valence-corrected chi connectivity index (χ2v) is 9.67. The van der Waals surface area contributed by atoms with Gasteiger partial charge in [-0.2, -0.15) is 0 Å². The van der Waals surface area contributed by atoms with Crippen LogP contribution in [0.4, 0.5) is 0 Å². The van der Waals surface area contributed by atoms with Crippen LogP contribution in [0.25, 0.3) is 0 Å². The van der Waals surface area contributed by atoms with Crippen LogP contribution >= 0.6 is 0 Å². The maximum Gasteiger partial charge on any atom is 0.253 e. The van der Waals surface area contributed by atoms with E-state index < -0.39 is 10.0 Å². The standard InChI is InChI=1S/C25H27N3O3S/c1-26-32(30,31)23-14-12-22(13-15-23)25(29)28-18-16-27(17-19-28)24(20-8-4-2-5-9-20)21-10-6-3-7-11-21/h2-15,24,26H,16-19H2,1H3. The zero-order valence-corrected chi connectivity index (χ0v) is 18.8. The lowest BCUT2D eigenvalue weighted by molar-refractivity contribution is 0.0597.